The zero-order chi connectivity index (χ0) is 14.8. The van der Waals surface area contributed by atoms with Crippen molar-refractivity contribution in [1.82, 2.24) is 9.80 Å². The Hall–Kier alpha value is -1.60. The fourth-order valence-corrected chi connectivity index (χ4v) is 1.75. The molecule has 0 saturated carbocycles. The molecule has 1 heterocycles. The first-order valence-corrected chi connectivity index (χ1v) is 6.56. The van der Waals surface area contributed by atoms with Gasteiger partial charge in [0, 0.05) is 33.3 Å². The Bertz CT molecular complexity index is 327. The highest BCUT2D eigenvalue weighted by molar-refractivity contribution is 5.78. The van der Waals surface area contributed by atoms with Gasteiger partial charge in [0.2, 0.25) is 5.91 Å². The van der Waals surface area contributed by atoms with Gasteiger partial charge in [-0.05, 0) is 0 Å². The molecule has 2 amide bonds. The Morgan fingerprint density at radius 2 is 1.80 bits per heavy atom. The minimum Gasteiger partial charge on any atom is -0.445 e. The van der Waals surface area contributed by atoms with Crippen LogP contribution in [-0.2, 0) is 19.0 Å². The number of nitrogens with zero attached hydrogens (tertiary/aromatic N) is 2. The molecule has 1 aliphatic heterocycles. The van der Waals surface area contributed by atoms with E-state index >= 15 is 0 Å². The molecule has 1 rings (SSSR count). The number of ether oxygens (including phenoxy) is 3. The predicted octanol–water partition coefficient (Wildman–Crippen LogP) is 0.116. The molecule has 0 bridgehead atoms. The maximum Gasteiger partial charge on any atom is 0.410 e. The molecule has 20 heavy (non-hydrogen) atoms. The number of amides is 2. The zero-order valence-electron chi connectivity index (χ0n) is 11.9. The van der Waals surface area contributed by atoms with E-state index < -0.39 is 0 Å². The summed E-state index contributed by atoms with van der Waals surface area (Å²) in [5.41, 5.74) is 0. The number of hydrogen-bond donors (Lipinski definition) is 0. The van der Waals surface area contributed by atoms with Crippen LogP contribution in [0.4, 0.5) is 4.79 Å². The third kappa shape index (κ3) is 5.58. The Kier molecular flexibility index (Phi) is 7.67. The monoisotopic (exact) mass is 286 g/mol. The molecule has 0 unspecified atom stereocenters. The zero-order valence-corrected chi connectivity index (χ0v) is 11.9. The van der Waals surface area contributed by atoms with Gasteiger partial charge in [0.05, 0.1) is 13.2 Å². The lowest BCUT2D eigenvalue weighted by Crippen LogP contribution is -2.51. The van der Waals surface area contributed by atoms with Crippen LogP contribution >= 0.6 is 0 Å². The fraction of sp³-hybridized carbons (Fsp3) is 0.692. The van der Waals surface area contributed by atoms with Crippen LogP contribution in [0.1, 0.15) is 0 Å². The first kappa shape index (κ1) is 16.5. The van der Waals surface area contributed by atoms with Crippen molar-refractivity contribution in [3.8, 4) is 0 Å². The van der Waals surface area contributed by atoms with Gasteiger partial charge in [0.15, 0.2) is 0 Å². The standard InChI is InChI=1S/C13H22N2O5/c1-3-8-20-13(17)15-6-4-14(5-7-15)12(16)11-19-10-9-18-2/h3H,1,4-11H2,2H3. The van der Waals surface area contributed by atoms with Crippen LogP contribution in [-0.4, -0.2) is 81.5 Å². The van der Waals surface area contributed by atoms with Crippen LogP contribution in [0.2, 0.25) is 0 Å². The molecular weight excluding hydrogens is 264 g/mol. The molecule has 7 nitrogen and oxygen atoms in total. The molecule has 0 spiro atoms. The summed E-state index contributed by atoms with van der Waals surface area (Å²) in [5, 5.41) is 0. The summed E-state index contributed by atoms with van der Waals surface area (Å²) < 4.78 is 15.0. The highest BCUT2D eigenvalue weighted by Crippen LogP contribution is 2.04. The number of hydrogen-bond acceptors (Lipinski definition) is 5. The van der Waals surface area contributed by atoms with Crippen LogP contribution in [0.3, 0.4) is 0 Å². The van der Waals surface area contributed by atoms with E-state index in [0.717, 1.165) is 0 Å². The van der Waals surface area contributed by atoms with Gasteiger partial charge >= 0.3 is 6.09 Å². The second-order valence-electron chi connectivity index (χ2n) is 4.28. The number of piperazine rings is 1. The Balaban J connectivity index is 2.22. The van der Waals surface area contributed by atoms with E-state index in [-0.39, 0.29) is 25.2 Å². The number of methoxy groups -OCH3 is 1. The van der Waals surface area contributed by atoms with Crippen molar-refractivity contribution >= 4 is 12.0 Å². The number of carbonyl (C=O) groups is 2. The Morgan fingerprint density at radius 1 is 1.15 bits per heavy atom. The van der Waals surface area contributed by atoms with Crippen molar-refractivity contribution in [2.75, 3.05) is 59.7 Å². The van der Waals surface area contributed by atoms with Gasteiger partial charge in [0.25, 0.3) is 0 Å². The summed E-state index contributed by atoms with van der Waals surface area (Å²) >= 11 is 0. The summed E-state index contributed by atoms with van der Waals surface area (Å²) in [4.78, 5) is 26.7. The van der Waals surface area contributed by atoms with Crippen LogP contribution in [0.15, 0.2) is 12.7 Å². The van der Waals surface area contributed by atoms with Gasteiger partial charge < -0.3 is 24.0 Å². The van der Waals surface area contributed by atoms with Crippen LogP contribution in [0.5, 0.6) is 0 Å². The lowest BCUT2D eigenvalue weighted by Gasteiger charge is -2.34. The smallest absolute Gasteiger partial charge is 0.410 e. The van der Waals surface area contributed by atoms with Crippen molar-refractivity contribution < 1.29 is 23.8 Å². The first-order chi connectivity index (χ1) is 9.69. The molecule has 0 atom stereocenters. The lowest BCUT2D eigenvalue weighted by molar-refractivity contribution is -0.138. The van der Waals surface area contributed by atoms with Crippen LogP contribution < -0.4 is 0 Å². The van der Waals surface area contributed by atoms with E-state index in [1.807, 2.05) is 0 Å². The molecule has 0 aromatic heterocycles. The third-order valence-corrected chi connectivity index (χ3v) is 2.87. The summed E-state index contributed by atoms with van der Waals surface area (Å²) in [7, 11) is 1.58. The quantitative estimate of drug-likeness (QED) is 0.491. The molecule has 1 aliphatic rings. The summed E-state index contributed by atoms with van der Waals surface area (Å²) in [6.45, 7) is 6.53. The molecule has 1 fully saturated rings. The summed E-state index contributed by atoms with van der Waals surface area (Å²) in [5.74, 6) is -0.0692. The van der Waals surface area contributed by atoms with Crippen LogP contribution in [0, 0.1) is 0 Å². The predicted molar refractivity (Wildman–Crippen MR) is 72.4 cm³/mol. The normalized spacial score (nSPS) is 15.1. The highest BCUT2D eigenvalue weighted by atomic mass is 16.6. The molecule has 0 aromatic rings. The van der Waals surface area contributed by atoms with Gasteiger partial charge in [-0.25, -0.2) is 4.79 Å². The first-order valence-electron chi connectivity index (χ1n) is 6.56. The lowest BCUT2D eigenvalue weighted by atomic mass is 10.3. The molecule has 1 saturated heterocycles. The maximum atomic E-state index is 11.8. The second kappa shape index (κ2) is 9.33. The van der Waals surface area contributed by atoms with Crippen molar-refractivity contribution in [2.45, 2.75) is 0 Å². The molecule has 0 aromatic carbocycles. The minimum absolute atomic E-state index is 0.0459. The van der Waals surface area contributed by atoms with E-state index in [4.69, 9.17) is 14.2 Å². The van der Waals surface area contributed by atoms with Gasteiger partial charge in [-0.1, -0.05) is 12.7 Å². The average Bonchev–Trinajstić information content (AvgIpc) is 2.49. The Labute approximate surface area is 119 Å². The van der Waals surface area contributed by atoms with Gasteiger partial charge in [-0.3, -0.25) is 4.79 Å². The summed E-state index contributed by atoms with van der Waals surface area (Å²) in [6, 6.07) is 0. The van der Waals surface area contributed by atoms with E-state index in [1.54, 1.807) is 16.9 Å². The SMILES string of the molecule is C=CCOC(=O)N1CCN(C(=O)COCCOC)CC1. The summed E-state index contributed by atoms with van der Waals surface area (Å²) in [6.07, 6.45) is 1.16. The van der Waals surface area contributed by atoms with Crippen molar-refractivity contribution in [3.05, 3.63) is 12.7 Å². The second-order valence-corrected chi connectivity index (χ2v) is 4.28. The average molecular weight is 286 g/mol. The molecule has 0 radical (unpaired) electrons. The minimum atomic E-state index is -0.367. The maximum absolute atomic E-state index is 11.8. The molecule has 0 aliphatic carbocycles. The number of carbonyl (C=O) groups excluding carboxylic acids is 2. The third-order valence-electron chi connectivity index (χ3n) is 2.87. The fourth-order valence-electron chi connectivity index (χ4n) is 1.75. The van der Waals surface area contributed by atoms with Crippen LogP contribution in [0.25, 0.3) is 0 Å². The van der Waals surface area contributed by atoms with Crippen molar-refractivity contribution in [3.63, 3.8) is 0 Å². The Morgan fingerprint density at radius 3 is 2.40 bits per heavy atom. The van der Waals surface area contributed by atoms with Gasteiger partial charge in [-0.2, -0.15) is 0 Å². The van der Waals surface area contributed by atoms with Gasteiger partial charge in [0.1, 0.15) is 13.2 Å². The van der Waals surface area contributed by atoms with E-state index in [1.165, 1.54) is 6.08 Å². The molecular formula is C13H22N2O5. The van der Waals surface area contributed by atoms with Crippen molar-refractivity contribution in [1.29, 1.82) is 0 Å². The molecule has 114 valence electrons. The largest absolute Gasteiger partial charge is 0.445 e. The highest BCUT2D eigenvalue weighted by Gasteiger charge is 2.24. The van der Waals surface area contributed by atoms with Gasteiger partial charge in [-0.15, -0.1) is 0 Å². The van der Waals surface area contributed by atoms with E-state index in [0.29, 0.717) is 39.4 Å². The number of rotatable bonds is 7. The van der Waals surface area contributed by atoms with E-state index in [2.05, 4.69) is 6.58 Å². The molecule has 7 heteroatoms. The van der Waals surface area contributed by atoms with E-state index in [9.17, 15) is 9.59 Å². The molecule has 0 N–H and O–H groups in total. The van der Waals surface area contributed by atoms with Crippen molar-refractivity contribution in [2.24, 2.45) is 0 Å². The topological polar surface area (TPSA) is 68.3 Å².